The number of aromatic nitrogens is 1. The average Bonchev–Trinajstić information content (AvgIpc) is 2.48. The van der Waals surface area contributed by atoms with Crippen molar-refractivity contribution in [1.29, 1.82) is 0 Å². The van der Waals surface area contributed by atoms with Gasteiger partial charge in [0.1, 0.15) is 5.82 Å². The van der Waals surface area contributed by atoms with E-state index in [0.29, 0.717) is 0 Å². The van der Waals surface area contributed by atoms with Crippen molar-refractivity contribution < 1.29 is 0 Å². The first kappa shape index (κ1) is 12.9. The molecule has 104 valence electrons. The van der Waals surface area contributed by atoms with Crippen LogP contribution < -0.4 is 5.32 Å². The predicted molar refractivity (Wildman–Crippen MR) is 78.3 cm³/mol. The summed E-state index contributed by atoms with van der Waals surface area (Å²) in [5.74, 6) is 0.945. The zero-order valence-electron chi connectivity index (χ0n) is 11.8. The van der Waals surface area contributed by atoms with E-state index < -0.39 is 0 Å². The van der Waals surface area contributed by atoms with Crippen LogP contribution >= 0.6 is 0 Å². The molecular formula is C15H24N4. The maximum atomic E-state index is 4.40. The molecule has 2 aliphatic heterocycles. The highest BCUT2D eigenvalue weighted by Crippen LogP contribution is 2.22. The summed E-state index contributed by atoms with van der Waals surface area (Å²) in [5, 5.41) is 3.06. The van der Waals surface area contributed by atoms with E-state index in [9.17, 15) is 0 Å². The van der Waals surface area contributed by atoms with Crippen LogP contribution in [0.5, 0.6) is 0 Å². The number of hydrogen-bond acceptors (Lipinski definition) is 4. The Bertz CT molecular complexity index is 403. The first-order chi connectivity index (χ1) is 9.35. The van der Waals surface area contributed by atoms with E-state index in [4.69, 9.17) is 0 Å². The van der Waals surface area contributed by atoms with Crippen molar-refractivity contribution >= 4 is 5.82 Å². The molecule has 19 heavy (non-hydrogen) atoms. The molecule has 2 aliphatic rings. The summed E-state index contributed by atoms with van der Waals surface area (Å²) < 4.78 is 0. The summed E-state index contributed by atoms with van der Waals surface area (Å²) in [6.07, 6.45) is 6.19. The van der Waals surface area contributed by atoms with E-state index in [1.54, 1.807) is 0 Å². The fourth-order valence-electron chi connectivity index (χ4n) is 3.29. The van der Waals surface area contributed by atoms with E-state index in [1.807, 2.05) is 13.2 Å². The smallest absolute Gasteiger partial charge is 0.125 e. The molecule has 1 aromatic heterocycles. The number of piperidine rings is 1. The van der Waals surface area contributed by atoms with Crippen LogP contribution in [-0.4, -0.2) is 54.1 Å². The van der Waals surface area contributed by atoms with Crippen molar-refractivity contribution in [1.82, 2.24) is 14.8 Å². The van der Waals surface area contributed by atoms with Crippen LogP contribution in [-0.2, 0) is 6.54 Å². The number of anilines is 1. The molecule has 3 rings (SSSR count). The van der Waals surface area contributed by atoms with Gasteiger partial charge in [-0.1, -0.05) is 12.5 Å². The Morgan fingerprint density at radius 2 is 2.21 bits per heavy atom. The fraction of sp³-hybridized carbons (Fsp3) is 0.667. The van der Waals surface area contributed by atoms with Crippen molar-refractivity contribution in [2.75, 3.05) is 38.5 Å². The molecular weight excluding hydrogens is 236 g/mol. The summed E-state index contributed by atoms with van der Waals surface area (Å²) in [6.45, 7) is 6.03. The summed E-state index contributed by atoms with van der Waals surface area (Å²) in [4.78, 5) is 9.66. The number of fused-ring (bicyclic) bond motifs is 1. The van der Waals surface area contributed by atoms with Crippen LogP contribution in [0.25, 0.3) is 0 Å². The quantitative estimate of drug-likeness (QED) is 0.898. The van der Waals surface area contributed by atoms with E-state index in [1.165, 1.54) is 51.0 Å². The number of rotatable bonds is 3. The van der Waals surface area contributed by atoms with Crippen LogP contribution in [0, 0.1) is 0 Å². The standard InChI is InChI=1S/C15H24N4/c1-16-15-6-5-13(10-17-15)11-18-8-9-19-7-3-2-4-14(19)12-18/h5-6,10,14H,2-4,7-9,11-12H2,1H3,(H,16,17). The highest BCUT2D eigenvalue weighted by atomic mass is 15.3. The second-order valence-corrected chi connectivity index (χ2v) is 5.72. The maximum Gasteiger partial charge on any atom is 0.125 e. The molecule has 4 heteroatoms. The van der Waals surface area contributed by atoms with Gasteiger partial charge in [0.2, 0.25) is 0 Å². The number of nitrogens with zero attached hydrogens (tertiary/aromatic N) is 3. The van der Waals surface area contributed by atoms with Crippen molar-refractivity contribution in [2.45, 2.75) is 31.8 Å². The topological polar surface area (TPSA) is 31.4 Å². The molecule has 3 heterocycles. The third kappa shape index (κ3) is 3.07. The Labute approximate surface area is 115 Å². The molecule has 1 N–H and O–H groups in total. The van der Waals surface area contributed by atoms with Crippen LogP contribution in [0.4, 0.5) is 5.82 Å². The zero-order valence-corrected chi connectivity index (χ0v) is 11.8. The minimum absolute atomic E-state index is 0.798. The molecule has 4 nitrogen and oxygen atoms in total. The Morgan fingerprint density at radius 1 is 1.26 bits per heavy atom. The van der Waals surface area contributed by atoms with Gasteiger partial charge in [0.15, 0.2) is 0 Å². The van der Waals surface area contributed by atoms with Crippen LogP contribution in [0.15, 0.2) is 18.3 Å². The van der Waals surface area contributed by atoms with Crippen molar-refractivity contribution in [3.8, 4) is 0 Å². The van der Waals surface area contributed by atoms with Gasteiger partial charge in [-0.25, -0.2) is 4.98 Å². The first-order valence-electron chi connectivity index (χ1n) is 7.44. The molecule has 0 aliphatic carbocycles. The lowest BCUT2D eigenvalue weighted by molar-refractivity contribution is 0.0456. The van der Waals surface area contributed by atoms with E-state index >= 15 is 0 Å². The summed E-state index contributed by atoms with van der Waals surface area (Å²) >= 11 is 0. The summed E-state index contributed by atoms with van der Waals surface area (Å²) in [6, 6.07) is 5.05. The monoisotopic (exact) mass is 260 g/mol. The van der Waals surface area contributed by atoms with Gasteiger partial charge in [-0.15, -0.1) is 0 Å². The zero-order chi connectivity index (χ0) is 13.1. The molecule has 0 aromatic carbocycles. The maximum absolute atomic E-state index is 4.40. The average molecular weight is 260 g/mol. The molecule has 2 fully saturated rings. The third-order valence-electron chi connectivity index (χ3n) is 4.41. The van der Waals surface area contributed by atoms with Crippen LogP contribution in [0.2, 0.25) is 0 Å². The molecule has 0 spiro atoms. The number of pyridine rings is 1. The lowest BCUT2D eigenvalue weighted by Gasteiger charge is -2.44. The van der Waals surface area contributed by atoms with Gasteiger partial charge >= 0.3 is 0 Å². The normalized spacial score (nSPS) is 25.0. The Hall–Kier alpha value is -1.13. The number of hydrogen-bond donors (Lipinski definition) is 1. The van der Waals surface area contributed by atoms with Crippen molar-refractivity contribution in [2.24, 2.45) is 0 Å². The summed E-state index contributed by atoms with van der Waals surface area (Å²) in [5.41, 5.74) is 1.32. The van der Waals surface area contributed by atoms with Gasteiger partial charge in [-0.3, -0.25) is 9.80 Å². The van der Waals surface area contributed by atoms with Gasteiger partial charge in [-0.2, -0.15) is 0 Å². The number of nitrogens with one attached hydrogen (secondary N) is 1. The van der Waals surface area contributed by atoms with Crippen molar-refractivity contribution in [3.05, 3.63) is 23.9 Å². The SMILES string of the molecule is CNc1ccc(CN2CCN3CCCCC3C2)cn1. The first-order valence-corrected chi connectivity index (χ1v) is 7.44. The molecule has 1 unspecified atom stereocenters. The van der Waals surface area contributed by atoms with E-state index in [2.05, 4.69) is 32.2 Å². The molecule has 0 amide bonds. The fourth-order valence-corrected chi connectivity index (χ4v) is 3.29. The molecule has 0 bridgehead atoms. The highest BCUT2D eigenvalue weighted by molar-refractivity contribution is 5.34. The molecule has 1 atom stereocenters. The minimum Gasteiger partial charge on any atom is -0.373 e. The second-order valence-electron chi connectivity index (χ2n) is 5.72. The van der Waals surface area contributed by atoms with Gasteiger partial charge in [-0.05, 0) is 31.0 Å². The van der Waals surface area contributed by atoms with E-state index in [0.717, 1.165) is 18.4 Å². The third-order valence-corrected chi connectivity index (χ3v) is 4.41. The lowest BCUT2D eigenvalue weighted by atomic mass is 9.99. The lowest BCUT2D eigenvalue weighted by Crippen LogP contribution is -2.54. The van der Waals surface area contributed by atoms with Crippen LogP contribution in [0.3, 0.4) is 0 Å². The van der Waals surface area contributed by atoms with Gasteiger partial charge in [0.05, 0.1) is 0 Å². The molecule has 0 saturated carbocycles. The minimum atomic E-state index is 0.798. The largest absolute Gasteiger partial charge is 0.373 e. The van der Waals surface area contributed by atoms with Gasteiger partial charge < -0.3 is 5.32 Å². The predicted octanol–water partition coefficient (Wildman–Crippen LogP) is 1.79. The summed E-state index contributed by atoms with van der Waals surface area (Å²) in [7, 11) is 1.91. The highest BCUT2D eigenvalue weighted by Gasteiger charge is 2.28. The number of piperazine rings is 1. The van der Waals surface area contributed by atoms with Crippen molar-refractivity contribution in [3.63, 3.8) is 0 Å². The van der Waals surface area contributed by atoms with E-state index in [-0.39, 0.29) is 0 Å². The molecule has 1 aromatic rings. The second kappa shape index (κ2) is 5.88. The Balaban J connectivity index is 1.57. The molecule has 0 radical (unpaired) electrons. The molecule has 2 saturated heterocycles. The Kier molecular flexibility index (Phi) is 3.99. The van der Waals surface area contributed by atoms with Gasteiger partial charge in [0, 0.05) is 45.5 Å². The van der Waals surface area contributed by atoms with Crippen LogP contribution in [0.1, 0.15) is 24.8 Å². The van der Waals surface area contributed by atoms with Gasteiger partial charge in [0.25, 0.3) is 0 Å². The Morgan fingerprint density at radius 3 is 3.00 bits per heavy atom.